The van der Waals surface area contributed by atoms with Crippen molar-refractivity contribution in [1.82, 2.24) is 9.97 Å². The van der Waals surface area contributed by atoms with Crippen LogP contribution in [0.4, 0.5) is 5.95 Å². The zero-order valence-corrected chi connectivity index (χ0v) is 12.8. The van der Waals surface area contributed by atoms with Crippen molar-refractivity contribution in [2.75, 3.05) is 12.4 Å². The van der Waals surface area contributed by atoms with Crippen LogP contribution in [0, 0.1) is 5.92 Å². The zero-order chi connectivity index (χ0) is 16.1. The molecule has 0 saturated heterocycles. The maximum Gasteiger partial charge on any atom is 0.326 e. The number of hydrogen-bond acceptors (Lipinski definition) is 5. The number of nitrogens with zero attached hydrogens (tertiary/aromatic N) is 2. The number of nitrogens with one attached hydrogen (secondary N) is 1. The van der Waals surface area contributed by atoms with Crippen LogP contribution in [-0.4, -0.2) is 34.2 Å². The number of ether oxygens (including phenoxy) is 1. The first-order valence-corrected chi connectivity index (χ1v) is 6.98. The second kappa shape index (κ2) is 6.89. The third-order valence-corrected chi connectivity index (χ3v) is 3.26. The van der Waals surface area contributed by atoms with Gasteiger partial charge in [0, 0.05) is 11.8 Å². The number of methoxy groups -OCH3 is 1. The SMILES string of the molecule is COc1ccc(-c2ccnc(N[C@H](C(=O)O)C(C)C)n2)cc1. The zero-order valence-electron chi connectivity index (χ0n) is 12.8. The summed E-state index contributed by atoms with van der Waals surface area (Å²) in [7, 11) is 1.61. The molecular formula is C16H19N3O3. The minimum Gasteiger partial charge on any atom is -0.497 e. The Labute approximate surface area is 129 Å². The van der Waals surface area contributed by atoms with Gasteiger partial charge in [-0.3, -0.25) is 0 Å². The third-order valence-electron chi connectivity index (χ3n) is 3.26. The van der Waals surface area contributed by atoms with E-state index in [-0.39, 0.29) is 5.92 Å². The fourth-order valence-corrected chi connectivity index (χ4v) is 2.00. The molecular weight excluding hydrogens is 282 g/mol. The molecule has 1 heterocycles. The van der Waals surface area contributed by atoms with Gasteiger partial charge < -0.3 is 15.2 Å². The Balaban J connectivity index is 2.23. The lowest BCUT2D eigenvalue weighted by molar-refractivity contribution is -0.138. The Morgan fingerprint density at radius 2 is 1.91 bits per heavy atom. The fourth-order valence-electron chi connectivity index (χ4n) is 2.00. The topological polar surface area (TPSA) is 84.3 Å². The quantitative estimate of drug-likeness (QED) is 0.853. The van der Waals surface area contributed by atoms with E-state index in [4.69, 9.17) is 4.74 Å². The van der Waals surface area contributed by atoms with Crippen molar-refractivity contribution in [2.45, 2.75) is 19.9 Å². The molecule has 2 aromatic rings. The average Bonchev–Trinajstić information content (AvgIpc) is 2.52. The summed E-state index contributed by atoms with van der Waals surface area (Å²) in [5.41, 5.74) is 1.62. The third kappa shape index (κ3) is 3.72. The van der Waals surface area contributed by atoms with E-state index in [1.807, 2.05) is 38.1 Å². The summed E-state index contributed by atoms with van der Waals surface area (Å²) in [6.45, 7) is 3.66. The Morgan fingerprint density at radius 1 is 1.23 bits per heavy atom. The minimum atomic E-state index is -0.923. The molecule has 0 radical (unpaired) electrons. The summed E-state index contributed by atoms with van der Waals surface area (Å²) in [6, 6.07) is 8.52. The van der Waals surface area contributed by atoms with Gasteiger partial charge in [0.15, 0.2) is 0 Å². The maximum absolute atomic E-state index is 11.2. The van der Waals surface area contributed by atoms with Crippen molar-refractivity contribution >= 4 is 11.9 Å². The van der Waals surface area contributed by atoms with Gasteiger partial charge in [0.25, 0.3) is 0 Å². The second-order valence-corrected chi connectivity index (χ2v) is 5.20. The van der Waals surface area contributed by atoms with Crippen molar-refractivity contribution < 1.29 is 14.6 Å². The highest BCUT2D eigenvalue weighted by molar-refractivity contribution is 5.77. The molecule has 0 saturated carbocycles. The summed E-state index contributed by atoms with van der Waals surface area (Å²) in [5.74, 6) is 0.0653. The Hall–Kier alpha value is -2.63. The number of benzene rings is 1. The van der Waals surface area contributed by atoms with Gasteiger partial charge in [-0.15, -0.1) is 0 Å². The summed E-state index contributed by atoms with van der Waals surface area (Å²) in [6.07, 6.45) is 1.61. The van der Waals surface area contributed by atoms with Gasteiger partial charge in [-0.1, -0.05) is 13.8 Å². The standard InChI is InChI=1S/C16H19N3O3/c1-10(2)14(15(20)21)19-16-17-9-8-13(18-16)11-4-6-12(22-3)7-5-11/h4-10,14H,1-3H3,(H,20,21)(H,17,18,19)/t14-/m0/s1. The van der Waals surface area contributed by atoms with Crippen LogP contribution in [0.1, 0.15) is 13.8 Å². The number of anilines is 1. The van der Waals surface area contributed by atoms with Gasteiger partial charge in [-0.25, -0.2) is 14.8 Å². The molecule has 0 aliphatic carbocycles. The fraction of sp³-hybridized carbons (Fsp3) is 0.312. The van der Waals surface area contributed by atoms with E-state index >= 15 is 0 Å². The lowest BCUT2D eigenvalue weighted by Gasteiger charge is -2.18. The second-order valence-electron chi connectivity index (χ2n) is 5.20. The number of carboxylic acid groups (broad SMARTS) is 1. The van der Waals surface area contributed by atoms with Crippen LogP contribution in [0.3, 0.4) is 0 Å². The van der Waals surface area contributed by atoms with E-state index in [1.165, 1.54) is 0 Å². The minimum absolute atomic E-state index is 0.0780. The highest BCUT2D eigenvalue weighted by Gasteiger charge is 2.22. The molecule has 22 heavy (non-hydrogen) atoms. The van der Waals surface area contributed by atoms with Gasteiger partial charge in [0.05, 0.1) is 12.8 Å². The summed E-state index contributed by atoms with van der Waals surface area (Å²) >= 11 is 0. The normalized spacial score (nSPS) is 12.0. The molecule has 0 unspecified atom stereocenters. The van der Waals surface area contributed by atoms with Crippen LogP contribution in [-0.2, 0) is 4.79 Å². The van der Waals surface area contributed by atoms with Crippen LogP contribution in [0.5, 0.6) is 5.75 Å². The molecule has 2 rings (SSSR count). The first-order valence-electron chi connectivity index (χ1n) is 6.98. The average molecular weight is 301 g/mol. The highest BCUT2D eigenvalue weighted by Crippen LogP contribution is 2.21. The van der Waals surface area contributed by atoms with E-state index in [1.54, 1.807) is 19.4 Å². The number of hydrogen-bond donors (Lipinski definition) is 2. The molecule has 0 bridgehead atoms. The van der Waals surface area contributed by atoms with Crippen molar-refractivity contribution in [3.05, 3.63) is 36.5 Å². The predicted molar refractivity (Wildman–Crippen MR) is 83.9 cm³/mol. The van der Waals surface area contributed by atoms with Gasteiger partial charge in [0.1, 0.15) is 11.8 Å². The number of rotatable bonds is 6. The van der Waals surface area contributed by atoms with Crippen molar-refractivity contribution in [2.24, 2.45) is 5.92 Å². The number of carbonyl (C=O) groups is 1. The molecule has 6 nitrogen and oxygen atoms in total. The molecule has 0 aliphatic heterocycles. The van der Waals surface area contributed by atoms with E-state index in [2.05, 4.69) is 15.3 Å². The monoisotopic (exact) mass is 301 g/mol. The van der Waals surface area contributed by atoms with Gasteiger partial charge in [-0.2, -0.15) is 0 Å². The smallest absolute Gasteiger partial charge is 0.326 e. The molecule has 1 aromatic carbocycles. The first kappa shape index (κ1) is 15.8. The van der Waals surface area contributed by atoms with Crippen LogP contribution >= 0.6 is 0 Å². The maximum atomic E-state index is 11.2. The molecule has 116 valence electrons. The lowest BCUT2D eigenvalue weighted by Crippen LogP contribution is -2.34. The van der Waals surface area contributed by atoms with Gasteiger partial charge >= 0.3 is 5.97 Å². The Kier molecular flexibility index (Phi) is 4.93. The predicted octanol–water partition coefficient (Wildman–Crippen LogP) is 2.67. The van der Waals surface area contributed by atoms with Crippen LogP contribution in [0.2, 0.25) is 0 Å². The van der Waals surface area contributed by atoms with E-state index in [0.29, 0.717) is 11.6 Å². The molecule has 2 N–H and O–H groups in total. The molecule has 0 aliphatic rings. The molecule has 0 amide bonds. The van der Waals surface area contributed by atoms with Crippen LogP contribution < -0.4 is 10.1 Å². The molecule has 0 fully saturated rings. The number of aliphatic carboxylic acids is 1. The molecule has 0 spiro atoms. The van der Waals surface area contributed by atoms with E-state index < -0.39 is 12.0 Å². The number of carboxylic acids is 1. The lowest BCUT2D eigenvalue weighted by atomic mass is 10.1. The molecule has 1 aromatic heterocycles. The molecule has 6 heteroatoms. The first-order chi connectivity index (χ1) is 10.5. The summed E-state index contributed by atoms with van der Waals surface area (Å²) in [5, 5.41) is 12.1. The number of aromatic nitrogens is 2. The summed E-state index contributed by atoms with van der Waals surface area (Å²) < 4.78 is 5.12. The largest absolute Gasteiger partial charge is 0.497 e. The van der Waals surface area contributed by atoms with E-state index in [0.717, 1.165) is 11.3 Å². The highest BCUT2D eigenvalue weighted by atomic mass is 16.5. The van der Waals surface area contributed by atoms with E-state index in [9.17, 15) is 9.90 Å². The van der Waals surface area contributed by atoms with Crippen molar-refractivity contribution in [1.29, 1.82) is 0 Å². The van der Waals surface area contributed by atoms with Crippen molar-refractivity contribution in [3.8, 4) is 17.0 Å². The van der Waals surface area contributed by atoms with Gasteiger partial charge in [0.2, 0.25) is 5.95 Å². The van der Waals surface area contributed by atoms with Gasteiger partial charge in [-0.05, 0) is 36.2 Å². The Morgan fingerprint density at radius 3 is 2.45 bits per heavy atom. The summed E-state index contributed by atoms with van der Waals surface area (Å²) in [4.78, 5) is 19.7. The van der Waals surface area contributed by atoms with Crippen LogP contribution in [0.25, 0.3) is 11.3 Å². The van der Waals surface area contributed by atoms with Crippen molar-refractivity contribution in [3.63, 3.8) is 0 Å². The Bertz CT molecular complexity index is 641. The molecule has 1 atom stereocenters. The van der Waals surface area contributed by atoms with Crippen LogP contribution in [0.15, 0.2) is 36.5 Å².